The fourth-order valence-electron chi connectivity index (χ4n) is 1.33. The predicted octanol–water partition coefficient (Wildman–Crippen LogP) is 1.78. The third-order valence-corrected chi connectivity index (χ3v) is 2.46. The summed E-state index contributed by atoms with van der Waals surface area (Å²) in [5, 5.41) is 4.14. The number of hydrazone groups is 1. The zero-order valence-electron chi connectivity index (χ0n) is 9.16. The van der Waals surface area contributed by atoms with Crippen molar-refractivity contribution in [2.45, 2.75) is 20.8 Å². The van der Waals surface area contributed by atoms with Crippen molar-refractivity contribution >= 4 is 23.5 Å². The zero-order valence-corrected chi connectivity index (χ0v) is 9.98. The Morgan fingerprint density at radius 2 is 1.93 bits per heavy atom. The van der Waals surface area contributed by atoms with Crippen molar-refractivity contribution in [3.05, 3.63) is 34.4 Å². The maximum atomic E-state index is 5.27. The standard InChI is InChI=1S/C11H15N3S/c1-7-4-5-8(2)10(9(7)3)6-13-14-11(12)15/h4-6H,1-3H3,(H3,12,14,15)/b13-6+. The number of aryl methyl sites for hydroxylation is 2. The molecule has 0 aliphatic rings. The van der Waals surface area contributed by atoms with E-state index in [-0.39, 0.29) is 5.11 Å². The summed E-state index contributed by atoms with van der Waals surface area (Å²) in [5.41, 5.74) is 12.6. The van der Waals surface area contributed by atoms with Gasteiger partial charge in [-0.2, -0.15) is 5.10 Å². The molecule has 1 aromatic carbocycles. The van der Waals surface area contributed by atoms with E-state index in [2.05, 4.69) is 55.6 Å². The summed E-state index contributed by atoms with van der Waals surface area (Å²) in [6.07, 6.45) is 1.75. The fourth-order valence-corrected chi connectivity index (χ4v) is 1.38. The number of hydrogen-bond acceptors (Lipinski definition) is 2. The summed E-state index contributed by atoms with van der Waals surface area (Å²) in [6, 6.07) is 4.17. The molecule has 1 aromatic rings. The van der Waals surface area contributed by atoms with Gasteiger partial charge < -0.3 is 5.73 Å². The molecule has 0 fully saturated rings. The molecule has 0 aromatic heterocycles. The largest absolute Gasteiger partial charge is 0.375 e. The van der Waals surface area contributed by atoms with Gasteiger partial charge >= 0.3 is 0 Å². The van der Waals surface area contributed by atoms with Crippen LogP contribution < -0.4 is 11.2 Å². The van der Waals surface area contributed by atoms with Gasteiger partial charge in [-0.3, -0.25) is 5.43 Å². The van der Waals surface area contributed by atoms with Crippen molar-refractivity contribution in [1.82, 2.24) is 5.43 Å². The van der Waals surface area contributed by atoms with E-state index in [4.69, 9.17) is 5.73 Å². The summed E-state index contributed by atoms with van der Waals surface area (Å²) < 4.78 is 0. The molecule has 0 atom stereocenters. The fraction of sp³-hybridized carbons (Fsp3) is 0.273. The molecule has 0 radical (unpaired) electrons. The van der Waals surface area contributed by atoms with Crippen LogP contribution in [0.25, 0.3) is 0 Å². The quantitative estimate of drug-likeness (QED) is 0.455. The SMILES string of the molecule is Cc1ccc(C)c(/C=N/NC(N)=S)c1C. The van der Waals surface area contributed by atoms with Crippen molar-refractivity contribution in [2.24, 2.45) is 10.8 Å². The van der Waals surface area contributed by atoms with Gasteiger partial charge in [0.05, 0.1) is 6.21 Å². The predicted molar refractivity (Wildman–Crippen MR) is 68.2 cm³/mol. The van der Waals surface area contributed by atoms with Gasteiger partial charge in [-0.1, -0.05) is 12.1 Å². The second-order valence-corrected chi connectivity index (χ2v) is 3.91. The Hall–Kier alpha value is -1.42. The number of thiocarbonyl (C=S) groups is 1. The van der Waals surface area contributed by atoms with E-state index in [1.54, 1.807) is 6.21 Å². The van der Waals surface area contributed by atoms with Crippen molar-refractivity contribution in [3.63, 3.8) is 0 Å². The number of rotatable bonds is 2. The van der Waals surface area contributed by atoms with Crippen molar-refractivity contribution in [2.75, 3.05) is 0 Å². The number of hydrogen-bond donors (Lipinski definition) is 2. The molecule has 0 heterocycles. The zero-order chi connectivity index (χ0) is 11.4. The van der Waals surface area contributed by atoms with Crippen LogP contribution in [0, 0.1) is 20.8 Å². The second-order valence-electron chi connectivity index (χ2n) is 3.47. The van der Waals surface area contributed by atoms with Crippen LogP contribution >= 0.6 is 12.2 Å². The average Bonchev–Trinajstić information content (AvgIpc) is 2.17. The Morgan fingerprint density at radius 1 is 1.33 bits per heavy atom. The first-order valence-electron chi connectivity index (χ1n) is 4.67. The molecule has 0 unspecified atom stereocenters. The summed E-state index contributed by atoms with van der Waals surface area (Å²) >= 11 is 4.66. The van der Waals surface area contributed by atoms with E-state index in [1.807, 2.05) is 0 Å². The summed E-state index contributed by atoms with van der Waals surface area (Å²) in [4.78, 5) is 0. The maximum Gasteiger partial charge on any atom is 0.184 e. The van der Waals surface area contributed by atoms with Gasteiger partial charge in [0.15, 0.2) is 5.11 Å². The van der Waals surface area contributed by atoms with Gasteiger partial charge in [-0.15, -0.1) is 0 Å². The van der Waals surface area contributed by atoms with Crippen LogP contribution in [0.1, 0.15) is 22.3 Å². The number of nitrogens with one attached hydrogen (secondary N) is 1. The van der Waals surface area contributed by atoms with Crippen molar-refractivity contribution in [1.29, 1.82) is 0 Å². The average molecular weight is 221 g/mol. The van der Waals surface area contributed by atoms with Gasteiger partial charge in [0.2, 0.25) is 0 Å². The van der Waals surface area contributed by atoms with E-state index in [9.17, 15) is 0 Å². The molecule has 0 aliphatic heterocycles. The molecule has 3 nitrogen and oxygen atoms in total. The van der Waals surface area contributed by atoms with Gasteiger partial charge in [-0.05, 0) is 49.7 Å². The van der Waals surface area contributed by atoms with E-state index >= 15 is 0 Å². The lowest BCUT2D eigenvalue weighted by molar-refractivity contribution is 1.04. The minimum atomic E-state index is 0.175. The third kappa shape index (κ3) is 3.02. The van der Waals surface area contributed by atoms with E-state index in [1.165, 1.54) is 16.7 Å². The van der Waals surface area contributed by atoms with Crippen LogP contribution in [0.2, 0.25) is 0 Å². The number of benzene rings is 1. The Labute approximate surface area is 95.4 Å². The molecule has 0 saturated carbocycles. The van der Waals surface area contributed by atoms with Crippen LogP contribution in [0.15, 0.2) is 17.2 Å². The highest BCUT2D eigenvalue weighted by atomic mass is 32.1. The minimum absolute atomic E-state index is 0.175. The molecule has 0 amide bonds. The van der Waals surface area contributed by atoms with Crippen LogP contribution in [0.5, 0.6) is 0 Å². The highest BCUT2D eigenvalue weighted by molar-refractivity contribution is 7.80. The Morgan fingerprint density at radius 3 is 2.53 bits per heavy atom. The third-order valence-electron chi connectivity index (χ3n) is 2.37. The molecule has 3 N–H and O–H groups in total. The summed E-state index contributed by atoms with van der Waals surface area (Å²) in [5.74, 6) is 0. The molecule has 0 spiro atoms. The molecule has 0 aliphatic carbocycles. The van der Waals surface area contributed by atoms with Crippen LogP contribution in [0.4, 0.5) is 0 Å². The van der Waals surface area contributed by atoms with Crippen molar-refractivity contribution < 1.29 is 0 Å². The Bertz CT molecular complexity index is 411. The highest BCUT2D eigenvalue weighted by Crippen LogP contribution is 2.15. The van der Waals surface area contributed by atoms with Gasteiger partial charge in [0, 0.05) is 5.56 Å². The summed E-state index contributed by atoms with van der Waals surface area (Å²) in [6.45, 7) is 6.20. The number of nitrogens with zero attached hydrogens (tertiary/aromatic N) is 1. The molecule has 0 saturated heterocycles. The van der Waals surface area contributed by atoms with E-state index in [0.717, 1.165) is 5.56 Å². The number of nitrogens with two attached hydrogens (primary N) is 1. The van der Waals surface area contributed by atoms with E-state index in [0.29, 0.717) is 0 Å². The topological polar surface area (TPSA) is 50.4 Å². The molecule has 15 heavy (non-hydrogen) atoms. The normalized spacial score (nSPS) is 10.6. The van der Waals surface area contributed by atoms with Crippen molar-refractivity contribution in [3.8, 4) is 0 Å². The lowest BCUT2D eigenvalue weighted by Crippen LogP contribution is -2.24. The lowest BCUT2D eigenvalue weighted by atomic mass is 9.99. The molecular formula is C11H15N3S. The van der Waals surface area contributed by atoms with Crippen LogP contribution in [0.3, 0.4) is 0 Å². The molecule has 80 valence electrons. The maximum absolute atomic E-state index is 5.27. The highest BCUT2D eigenvalue weighted by Gasteiger charge is 2.01. The molecular weight excluding hydrogens is 206 g/mol. The first-order valence-corrected chi connectivity index (χ1v) is 5.08. The lowest BCUT2D eigenvalue weighted by Gasteiger charge is -2.07. The Balaban J connectivity index is 2.98. The smallest absolute Gasteiger partial charge is 0.184 e. The van der Waals surface area contributed by atoms with Gasteiger partial charge in [0.25, 0.3) is 0 Å². The minimum Gasteiger partial charge on any atom is -0.375 e. The van der Waals surface area contributed by atoms with Gasteiger partial charge in [0.1, 0.15) is 0 Å². The molecule has 1 rings (SSSR count). The van der Waals surface area contributed by atoms with Crippen LogP contribution in [-0.2, 0) is 0 Å². The van der Waals surface area contributed by atoms with E-state index < -0.39 is 0 Å². The summed E-state index contributed by atoms with van der Waals surface area (Å²) in [7, 11) is 0. The first-order chi connectivity index (χ1) is 7.02. The monoisotopic (exact) mass is 221 g/mol. The van der Waals surface area contributed by atoms with Gasteiger partial charge in [-0.25, -0.2) is 0 Å². The first kappa shape index (κ1) is 11.7. The van der Waals surface area contributed by atoms with Crippen LogP contribution in [-0.4, -0.2) is 11.3 Å². The molecule has 4 heteroatoms. The Kier molecular flexibility index (Phi) is 3.80. The second kappa shape index (κ2) is 4.89. The molecule has 0 bridgehead atoms.